The van der Waals surface area contributed by atoms with Crippen LogP contribution in [0.4, 0.5) is 8.78 Å². The van der Waals surface area contributed by atoms with Crippen LogP contribution in [0.5, 0.6) is 5.75 Å². The number of aromatic amines is 1. The lowest BCUT2D eigenvalue weighted by Crippen LogP contribution is -2.39. The van der Waals surface area contributed by atoms with E-state index in [1.807, 2.05) is 55.6 Å². The molecular formula is C28H29F2N4O2P. The molecule has 3 heterocycles. The van der Waals surface area contributed by atoms with Gasteiger partial charge in [-0.1, -0.05) is 39.6 Å². The number of aromatic nitrogens is 2. The Kier molecular flexibility index (Phi) is 6.97. The number of hydrogen-bond acceptors (Lipinski definition) is 4. The Balaban J connectivity index is 1.42. The van der Waals surface area contributed by atoms with Gasteiger partial charge in [0.05, 0.1) is 13.7 Å². The highest BCUT2D eigenvalue weighted by molar-refractivity contribution is 7.18. The fourth-order valence-electron chi connectivity index (χ4n) is 4.85. The number of nitrogens with one attached hydrogen (secondary N) is 2. The van der Waals surface area contributed by atoms with E-state index < -0.39 is 12.2 Å². The number of carbonyl (C=O) groups is 1. The molecule has 0 aliphatic carbocycles. The van der Waals surface area contributed by atoms with Crippen molar-refractivity contribution >= 4 is 26.2 Å². The van der Waals surface area contributed by atoms with Crippen LogP contribution in [-0.4, -0.2) is 59.2 Å². The maximum absolute atomic E-state index is 13.4. The van der Waals surface area contributed by atoms with Gasteiger partial charge in [0.2, 0.25) is 0 Å². The van der Waals surface area contributed by atoms with Crippen molar-refractivity contribution in [2.45, 2.75) is 25.1 Å². The van der Waals surface area contributed by atoms with Crippen molar-refractivity contribution in [3.63, 3.8) is 0 Å². The van der Waals surface area contributed by atoms with Crippen LogP contribution in [-0.2, 0) is 0 Å². The molecule has 2 unspecified atom stereocenters. The third kappa shape index (κ3) is 5.36. The molecule has 0 bridgehead atoms. The number of fused-ring (bicyclic) bond motifs is 1. The first-order chi connectivity index (χ1) is 17.7. The molecule has 2 N–H and O–H groups in total. The molecule has 2 aromatic heterocycles. The average molecular weight is 523 g/mol. The number of rotatable bonds is 7. The minimum Gasteiger partial charge on any atom is -0.496 e. The van der Waals surface area contributed by atoms with Crippen LogP contribution < -0.4 is 10.1 Å². The maximum atomic E-state index is 13.4. The molecule has 9 heteroatoms. The van der Waals surface area contributed by atoms with E-state index in [0.717, 1.165) is 44.6 Å². The number of methoxy groups -OCH3 is 1. The van der Waals surface area contributed by atoms with Crippen LogP contribution in [0.2, 0.25) is 0 Å². The number of carbonyl (C=O) groups excluding carboxylic acids is 1. The summed E-state index contributed by atoms with van der Waals surface area (Å²) in [7, 11) is 3.19. The van der Waals surface area contributed by atoms with Gasteiger partial charge in [-0.25, -0.2) is 13.8 Å². The lowest BCUT2D eigenvalue weighted by molar-refractivity contribution is 0.0784. The maximum Gasteiger partial charge on any atom is 0.271 e. The number of alkyl halides is 2. The van der Waals surface area contributed by atoms with Crippen molar-refractivity contribution in [1.82, 2.24) is 20.2 Å². The van der Waals surface area contributed by atoms with Gasteiger partial charge in [0.25, 0.3) is 11.6 Å². The van der Waals surface area contributed by atoms with Gasteiger partial charge in [-0.15, -0.1) is 0 Å². The van der Waals surface area contributed by atoms with E-state index in [9.17, 15) is 13.6 Å². The minimum atomic E-state index is -2.86. The molecule has 6 nitrogen and oxygen atoms in total. The molecular weight excluding hydrogens is 493 g/mol. The zero-order valence-electron chi connectivity index (χ0n) is 20.7. The van der Waals surface area contributed by atoms with Crippen molar-refractivity contribution in [2.24, 2.45) is 0 Å². The van der Waals surface area contributed by atoms with E-state index in [1.165, 1.54) is 0 Å². The number of likely N-dealkylation sites (tertiary alicyclic amines) is 1. The van der Waals surface area contributed by atoms with E-state index in [0.29, 0.717) is 25.1 Å². The van der Waals surface area contributed by atoms with Gasteiger partial charge in [0.15, 0.2) is 0 Å². The van der Waals surface area contributed by atoms with Crippen LogP contribution in [0.15, 0.2) is 60.9 Å². The summed E-state index contributed by atoms with van der Waals surface area (Å²) < 4.78 is 32.0. The van der Waals surface area contributed by atoms with Crippen LogP contribution >= 0.6 is 9.24 Å². The molecule has 1 fully saturated rings. The Morgan fingerprint density at radius 1 is 1.22 bits per heavy atom. The average Bonchev–Trinajstić information content (AvgIpc) is 3.54. The topological polar surface area (TPSA) is 70.2 Å². The Morgan fingerprint density at radius 2 is 2.03 bits per heavy atom. The molecule has 1 saturated heterocycles. The Morgan fingerprint density at radius 3 is 2.81 bits per heavy atom. The van der Waals surface area contributed by atoms with E-state index in [-0.39, 0.29) is 11.9 Å². The lowest BCUT2D eigenvalue weighted by atomic mass is 9.98. The molecule has 4 aromatic rings. The molecule has 0 radical (unpaired) electrons. The molecule has 5 rings (SSSR count). The van der Waals surface area contributed by atoms with Gasteiger partial charge in [0, 0.05) is 59.2 Å². The molecule has 0 spiro atoms. The highest BCUT2D eigenvalue weighted by atomic mass is 31.0. The van der Waals surface area contributed by atoms with Crippen molar-refractivity contribution in [1.29, 1.82) is 0 Å². The van der Waals surface area contributed by atoms with Gasteiger partial charge < -0.3 is 19.9 Å². The minimum absolute atomic E-state index is 0.0910. The third-order valence-electron chi connectivity index (χ3n) is 6.83. The number of hydrogen-bond donors (Lipinski definition) is 2. The van der Waals surface area contributed by atoms with Crippen molar-refractivity contribution in [3.05, 3.63) is 72.1 Å². The summed E-state index contributed by atoms with van der Waals surface area (Å²) in [6.07, 6.45) is 4.36. The monoisotopic (exact) mass is 522 g/mol. The quantitative estimate of drug-likeness (QED) is 0.315. The second-order valence-corrected chi connectivity index (χ2v) is 10.3. The summed E-state index contributed by atoms with van der Waals surface area (Å²) in [4.78, 5) is 23.0. The summed E-state index contributed by atoms with van der Waals surface area (Å²) in [5.41, 5.74) is 3.10. The zero-order chi connectivity index (χ0) is 26.2. The van der Waals surface area contributed by atoms with E-state index in [2.05, 4.69) is 21.4 Å². The van der Waals surface area contributed by atoms with E-state index >= 15 is 0 Å². The fourth-order valence-corrected chi connectivity index (χ4v) is 4.96. The van der Waals surface area contributed by atoms with Crippen molar-refractivity contribution in [2.75, 3.05) is 26.7 Å². The van der Waals surface area contributed by atoms with Crippen LogP contribution in [0.1, 0.15) is 22.3 Å². The molecule has 192 valence electrons. The number of H-pyrrole nitrogens is 1. The second kappa shape index (κ2) is 10.2. The SMILES string of the molecule is COc1ccccc1-c1c[nH]c2ncc(-c3ccc(C)c(C(=O)N4CCC(NCC(F)(F)P)C4)c3)cc12. The number of aryl methyl sites for hydroxylation is 1. The second-order valence-electron chi connectivity index (χ2n) is 9.43. The first kappa shape index (κ1) is 25.3. The van der Waals surface area contributed by atoms with Crippen LogP contribution in [0.3, 0.4) is 0 Å². The van der Waals surface area contributed by atoms with Crippen molar-refractivity contribution in [3.8, 4) is 28.0 Å². The summed E-state index contributed by atoms with van der Waals surface area (Å²) in [5.74, 6) is 0.684. The highest BCUT2D eigenvalue weighted by Gasteiger charge is 2.30. The zero-order valence-corrected chi connectivity index (χ0v) is 21.9. The largest absolute Gasteiger partial charge is 0.496 e. The third-order valence-corrected chi connectivity index (χ3v) is 7.04. The summed E-state index contributed by atoms with van der Waals surface area (Å²) in [6.45, 7) is 2.42. The Bertz CT molecular complexity index is 1450. The first-order valence-electron chi connectivity index (χ1n) is 12.1. The van der Waals surface area contributed by atoms with Gasteiger partial charge in [-0.2, -0.15) is 0 Å². The molecule has 2 aromatic carbocycles. The normalized spacial score (nSPS) is 15.9. The molecule has 0 saturated carbocycles. The van der Waals surface area contributed by atoms with Gasteiger partial charge in [0.1, 0.15) is 11.4 Å². The molecule has 1 aliphatic rings. The number of para-hydroxylation sites is 1. The predicted molar refractivity (Wildman–Crippen MR) is 145 cm³/mol. The highest BCUT2D eigenvalue weighted by Crippen LogP contribution is 2.36. The number of nitrogens with zero attached hydrogens (tertiary/aromatic N) is 2. The fraction of sp³-hybridized carbons (Fsp3) is 0.286. The molecule has 2 atom stereocenters. The number of amides is 1. The van der Waals surface area contributed by atoms with Crippen molar-refractivity contribution < 1.29 is 18.3 Å². The molecule has 1 aliphatic heterocycles. The summed E-state index contributed by atoms with van der Waals surface area (Å²) in [6, 6.07) is 15.6. The number of ether oxygens (including phenoxy) is 1. The Hall–Kier alpha value is -3.35. The van der Waals surface area contributed by atoms with Crippen LogP contribution in [0.25, 0.3) is 33.3 Å². The van der Waals surface area contributed by atoms with Gasteiger partial charge in [-0.05, 0) is 42.7 Å². The summed E-state index contributed by atoms with van der Waals surface area (Å²) in [5, 5.41) is 3.82. The standard InChI is InChI=1S/C28H29F2N4O2P/c1-17-7-8-18(11-22(17)27(35)34-10-9-20(15-34)33-16-28(29,30)37)19-12-23-24(14-32-26(23)31-13-19)21-5-3-4-6-25(21)36-2/h3-8,11-14,20,33H,9-10,15-16,37H2,1-2H3,(H,31,32). The van der Waals surface area contributed by atoms with E-state index in [1.54, 1.807) is 27.4 Å². The lowest BCUT2D eigenvalue weighted by Gasteiger charge is -2.20. The number of halogens is 2. The Labute approximate surface area is 216 Å². The predicted octanol–water partition coefficient (Wildman–Crippen LogP) is 5.49. The number of benzene rings is 2. The number of pyridine rings is 1. The molecule has 1 amide bonds. The smallest absolute Gasteiger partial charge is 0.271 e. The van der Waals surface area contributed by atoms with Gasteiger partial charge in [-0.3, -0.25) is 4.79 Å². The van der Waals surface area contributed by atoms with Crippen LogP contribution in [0, 0.1) is 6.92 Å². The molecule has 37 heavy (non-hydrogen) atoms. The van der Waals surface area contributed by atoms with Gasteiger partial charge >= 0.3 is 0 Å². The van der Waals surface area contributed by atoms with E-state index in [4.69, 9.17) is 4.74 Å². The summed E-state index contributed by atoms with van der Waals surface area (Å²) >= 11 is 0. The first-order valence-corrected chi connectivity index (χ1v) is 12.7.